The Labute approximate surface area is 124 Å². The van der Waals surface area contributed by atoms with Gasteiger partial charge in [0.2, 0.25) is 5.91 Å². The molecule has 0 saturated carbocycles. The van der Waals surface area contributed by atoms with Crippen molar-refractivity contribution in [1.82, 2.24) is 5.32 Å². The fourth-order valence-electron chi connectivity index (χ4n) is 1.58. The minimum Gasteiger partial charge on any atom is -0.354 e. The summed E-state index contributed by atoms with van der Waals surface area (Å²) in [5, 5.41) is 3.36. The molecule has 1 aromatic rings. The maximum Gasteiger partial charge on any atom is 0.236 e. The van der Waals surface area contributed by atoms with Gasteiger partial charge in [-0.1, -0.05) is 23.7 Å². The number of nitrogens with one attached hydrogen (secondary N) is 1. The van der Waals surface area contributed by atoms with Crippen molar-refractivity contribution in [3.63, 3.8) is 0 Å². The van der Waals surface area contributed by atoms with Crippen LogP contribution in [-0.2, 0) is 21.1 Å². The smallest absolute Gasteiger partial charge is 0.236 e. The summed E-state index contributed by atoms with van der Waals surface area (Å²) in [6.45, 7) is 0.451. The van der Waals surface area contributed by atoms with E-state index >= 15 is 0 Å². The maximum absolute atomic E-state index is 11.7. The predicted octanol–water partition coefficient (Wildman–Crippen LogP) is 0.761. The van der Waals surface area contributed by atoms with Crippen LogP contribution in [-0.4, -0.2) is 38.9 Å². The van der Waals surface area contributed by atoms with Crippen LogP contribution in [0.4, 0.5) is 0 Å². The maximum atomic E-state index is 11.7. The molecule has 112 valence electrons. The first-order valence-electron chi connectivity index (χ1n) is 6.23. The van der Waals surface area contributed by atoms with Gasteiger partial charge in [-0.3, -0.25) is 4.79 Å². The molecule has 0 aliphatic rings. The molecule has 1 rings (SSSR count). The van der Waals surface area contributed by atoms with E-state index in [0.717, 1.165) is 11.8 Å². The highest BCUT2D eigenvalue weighted by atomic mass is 35.5. The summed E-state index contributed by atoms with van der Waals surface area (Å²) in [4.78, 5) is 11.7. The number of sulfone groups is 1. The highest BCUT2D eigenvalue weighted by Crippen LogP contribution is 2.09. The number of nitrogens with two attached hydrogens (primary N) is 1. The van der Waals surface area contributed by atoms with E-state index in [-0.39, 0.29) is 18.1 Å². The van der Waals surface area contributed by atoms with Gasteiger partial charge < -0.3 is 11.1 Å². The Morgan fingerprint density at radius 2 is 1.95 bits per heavy atom. The van der Waals surface area contributed by atoms with Crippen molar-refractivity contribution in [3.8, 4) is 0 Å². The molecule has 1 amide bonds. The Bertz CT molecular complexity index is 543. The van der Waals surface area contributed by atoms with Crippen molar-refractivity contribution in [2.45, 2.75) is 18.9 Å². The van der Waals surface area contributed by atoms with E-state index < -0.39 is 15.9 Å². The van der Waals surface area contributed by atoms with Crippen molar-refractivity contribution in [2.24, 2.45) is 5.73 Å². The standard InChI is InChI=1S/C13H19ClN2O3S/c1-20(18,19)9-7-12(15)13(17)16-8-6-10-2-4-11(14)5-3-10/h2-5,12H,6-9,15H2,1H3,(H,16,17). The number of rotatable bonds is 7. The highest BCUT2D eigenvalue weighted by Gasteiger charge is 2.15. The normalized spacial score (nSPS) is 12.9. The Morgan fingerprint density at radius 3 is 2.50 bits per heavy atom. The first-order valence-corrected chi connectivity index (χ1v) is 8.67. The van der Waals surface area contributed by atoms with Gasteiger partial charge in [0.05, 0.1) is 11.8 Å². The number of halogens is 1. The zero-order valence-electron chi connectivity index (χ0n) is 11.3. The average Bonchev–Trinajstić information content (AvgIpc) is 2.37. The van der Waals surface area contributed by atoms with Crippen molar-refractivity contribution in [1.29, 1.82) is 0 Å². The second kappa shape index (κ2) is 7.61. The SMILES string of the molecule is CS(=O)(=O)CCC(N)C(=O)NCCc1ccc(Cl)cc1. The average molecular weight is 319 g/mol. The third kappa shape index (κ3) is 6.88. The van der Waals surface area contributed by atoms with Crippen LogP contribution in [0.1, 0.15) is 12.0 Å². The summed E-state index contributed by atoms with van der Waals surface area (Å²) in [6, 6.07) is 6.55. The van der Waals surface area contributed by atoms with E-state index in [9.17, 15) is 13.2 Å². The molecule has 1 atom stereocenters. The Kier molecular flexibility index (Phi) is 6.45. The van der Waals surface area contributed by atoms with Crippen LogP contribution in [0.3, 0.4) is 0 Å². The molecular weight excluding hydrogens is 300 g/mol. The number of carbonyl (C=O) groups excluding carboxylic acids is 1. The van der Waals surface area contributed by atoms with E-state index in [4.69, 9.17) is 17.3 Å². The van der Waals surface area contributed by atoms with Crippen LogP contribution in [0.2, 0.25) is 5.02 Å². The Morgan fingerprint density at radius 1 is 1.35 bits per heavy atom. The van der Waals surface area contributed by atoms with Crippen LogP contribution in [0.25, 0.3) is 0 Å². The third-order valence-corrected chi connectivity index (χ3v) is 3.99. The molecule has 7 heteroatoms. The lowest BCUT2D eigenvalue weighted by molar-refractivity contribution is -0.122. The molecule has 0 saturated heterocycles. The van der Waals surface area contributed by atoms with Crippen molar-refractivity contribution in [3.05, 3.63) is 34.9 Å². The monoisotopic (exact) mass is 318 g/mol. The number of amides is 1. The molecule has 0 aromatic heterocycles. The van der Waals surface area contributed by atoms with Crippen LogP contribution >= 0.6 is 11.6 Å². The van der Waals surface area contributed by atoms with Crippen LogP contribution < -0.4 is 11.1 Å². The predicted molar refractivity (Wildman–Crippen MR) is 80.5 cm³/mol. The highest BCUT2D eigenvalue weighted by molar-refractivity contribution is 7.90. The first kappa shape index (κ1) is 16.9. The number of carbonyl (C=O) groups is 1. The van der Waals surface area contributed by atoms with E-state index in [2.05, 4.69) is 5.32 Å². The minimum absolute atomic E-state index is 0.0846. The molecular formula is C13H19ClN2O3S. The van der Waals surface area contributed by atoms with Gasteiger partial charge in [-0.15, -0.1) is 0 Å². The van der Waals surface area contributed by atoms with E-state index in [0.29, 0.717) is 18.0 Å². The molecule has 3 N–H and O–H groups in total. The van der Waals surface area contributed by atoms with Gasteiger partial charge in [0, 0.05) is 17.8 Å². The van der Waals surface area contributed by atoms with E-state index in [1.54, 1.807) is 12.1 Å². The second-order valence-electron chi connectivity index (χ2n) is 4.69. The molecule has 0 fully saturated rings. The lowest BCUT2D eigenvalue weighted by atomic mass is 10.1. The van der Waals surface area contributed by atoms with Gasteiger partial charge in [-0.2, -0.15) is 0 Å². The quantitative estimate of drug-likeness (QED) is 0.776. The largest absolute Gasteiger partial charge is 0.354 e. The zero-order valence-corrected chi connectivity index (χ0v) is 12.9. The molecule has 1 aromatic carbocycles. The third-order valence-electron chi connectivity index (χ3n) is 2.76. The summed E-state index contributed by atoms with van der Waals surface area (Å²) in [6.07, 6.45) is 1.92. The van der Waals surface area contributed by atoms with Gasteiger partial charge in [0.1, 0.15) is 9.84 Å². The Balaban J connectivity index is 2.30. The summed E-state index contributed by atoms with van der Waals surface area (Å²) in [7, 11) is -3.09. The Hall–Kier alpha value is -1.11. The topological polar surface area (TPSA) is 89.3 Å². The molecule has 0 aliphatic heterocycles. The minimum atomic E-state index is -3.09. The molecule has 1 unspecified atom stereocenters. The molecule has 20 heavy (non-hydrogen) atoms. The van der Waals surface area contributed by atoms with Gasteiger partial charge >= 0.3 is 0 Å². The van der Waals surface area contributed by atoms with Gasteiger partial charge in [0.25, 0.3) is 0 Å². The summed E-state index contributed by atoms with van der Waals surface area (Å²) >= 11 is 5.77. The van der Waals surface area contributed by atoms with E-state index in [1.807, 2.05) is 12.1 Å². The van der Waals surface area contributed by atoms with Crippen molar-refractivity contribution >= 4 is 27.3 Å². The molecule has 5 nitrogen and oxygen atoms in total. The second-order valence-corrected chi connectivity index (χ2v) is 7.39. The molecule has 0 radical (unpaired) electrons. The van der Waals surface area contributed by atoms with Crippen molar-refractivity contribution < 1.29 is 13.2 Å². The molecule has 0 spiro atoms. The lowest BCUT2D eigenvalue weighted by Gasteiger charge is -2.11. The molecule has 0 heterocycles. The summed E-state index contributed by atoms with van der Waals surface area (Å²) in [5.74, 6) is -0.415. The van der Waals surface area contributed by atoms with Gasteiger partial charge in [-0.05, 0) is 30.5 Å². The number of benzene rings is 1. The molecule has 0 bridgehead atoms. The van der Waals surface area contributed by atoms with Crippen LogP contribution in [0, 0.1) is 0 Å². The zero-order chi connectivity index (χ0) is 15.2. The van der Waals surface area contributed by atoms with Gasteiger partial charge in [-0.25, -0.2) is 8.42 Å². The summed E-state index contributed by atoms with van der Waals surface area (Å²) < 4.78 is 22.0. The van der Waals surface area contributed by atoms with Crippen LogP contribution in [0.5, 0.6) is 0 Å². The van der Waals surface area contributed by atoms with E-state index in [1.165, 1.54) is 0 Å². The summed E-state index contributed by atoms with van der Waals surface area (Å²) in [5.41, 5.74) is 6.68. The molecule has 0 aliphatic carbocycles. The van der Waals surface area contributed by atoms with Crippen molar-refractivity contribution in [2.75, 3.05) is 18.6 Å². The number of hydrogen-bond acceptors (Lipinski definition) is 4. The fourth-order valence-corrected chi connectivity index (χ4v) is 2.39. The van der Waals surface area contributed by atoms with Crippen LogP contribution in [0.15, 0.2) is 24.3 Å². The first-order chi connectivity index (χ1) is 9.28. The fraction of sp³-hybridized carbons (Fsp3) is 0.462. The van der Waals surface area contributed by atoms with Gasteiger partial charge in [0.15, 0.2) is 0 Å². The lowest BCUT2D eigenvalue weighted by Crippen LogP contribution is -2.42. The number of hydrogen-bond donors (Lipinski definition) is 2.